The molecule has 2 aromatic rings. The maximum Gasteiger partial charge on any atom is 0.417 e. The number of hydrogen-bond donors (Lipinski definition) is 0. The van der Waals surface area contributed by atoms with Crippen molar-refractivity contribution in [2.24, 2.45) is 0 Å². The van der Waals surface area contributed by atoms with Gasteiger partial charge in [-0.3, -0.25) is 4.79 Å². The molecule has 1 aromatic carbocycles. The molecule has 1 aliphatic rings. The molecule has 1 fully saturated rings. The number of aromatic nitrogens is 1. The zero-order valence-electron chi connectivity index (χ0n) is 12.3. The number of likely N-dealkylation sites (tertiary alicyclic amines) is 1. The first-order valence-corrected chi connectivity index (χ1v) is 7.87. The number of rotatable bonds is 3. The summed E-state index contributed by atoms with van der Waals surface area (Å²) in [5.74, 6) is -0.0105. The molecular formula is C16H12BrF3N2O2. The monoisotopic (exact) mass is 400 g/mol. The Labute approximate surface area is 144 Å². The number of carbonyl (C=O) groups is 1. The number of hydrogen-bond acceptors (Lipinski definition) is 3. The molecule has 0 atom stereocenters. The van der Waals surface area contributed by atoms with E-state index in [9.17, 15) is 18.0 Å². The van der Waals surface area contributed by atoms with E-state index in [1.807, 2.05) is 6.07 Å². The van der Waals surface area contributed by atoms with Gasteiger partial charge in [0, 0.05) is 16.7 Å². The number of nitrogens with zero attached hydrogens (tertiary/aromatic N) is 2. The molecule has 1 saturated heterocycles. The van der Waals surface area contributed by atoms with Crippen molar-refractivity contribution < 1.29 is 22.7 Å². The van der Waals surface area contributed by atoms with Crippen LogP contribution in [0.3, 0.4) is 0 Å². The third-order valence-corrected chi connectivity index (χ3v) is 4.28. The molecule has 8 heteroatoms. The van der Waals surface area contributed by atoms with Gasteiger partial charge in [-0.2, -0.15) is 13.2 Å². The number of pyridine rings is 1. The van der Waals surface area contributed by atoms with E-state index in [1.165, 1.54) is 6.07 Å². The van der Waals surface area contributed by atoms with Gasteiger partial charge < -0.3 is 9.64 Å². The summed E-state index contributed by atoms with van der Waals surface area (Å²) in [5, 5.41) is 0. The number of benzene rings is 1. The van der Waals surface area contributed by atoms with Crippen LogP contribution in [0.25, 0.3) is 0 Å². The maximum absolute atomic E-state index is 12.5. The standard InChI is InChI=1S/C16H12BrF3N2O2/c17-13-4-2-1-3-12(13)15(23)22-8-11(9-22)24-14-6-5-10(7-21-14)16(18,19)20/h1-7,11H,8-9H2. The first-order valence-electron chi connectivity index (χ1n) is 7.08. The van der Waals surface area contributed by atoms with Crippen LogP contribution in [0.2, 0.25) is 0 Å². The van der Waals surface area contributed by atoms with Crippen molar-refractivity contribution in [2.75, 3.05) is 13.1 Å². The number of carbonyl (C=O) groups excluding carboxylic acids is 1. The number of halogens is 4. The lowest BCUT2D eigenvalue weighted by Gasteiger charge is -2.38. The first kappa shape index (κ1) is 16.8. The third-order valence-electron chi connectivity index (χ3n) is 3.59. The first-order chi connectivity index (χ1) is 11.3. The summed E-state index contributed by atoms with van der Waals surface area (Å²) in [6.45, 7) is 0.728. The maximum atomic E-state index is 12.5. The van der Waals surface area contributed by atoms with Crippen LogP contribution in [0.1, 0.15) is 15.9 Å². The van der Waals surface area contributed by atoms with E-state index >= 15 is 0 Å². The van der Waals surface area contributed by atoms with E-state index in [-0.39, 0.29) is 17.9 Å². The van der Waals surface area contributed by atoms with E-state index in [2.05, 4.69) is 20.9 Å². The molecule has 2 heterocycles. The highest BCUT2D eigenvalue weighted by atomic mass is 79.9. The normalized spacial score (nSPS) is 15.1. The molecule has 24 heavy (non-hydrogen) atoms. The predicted octanol–water partition coefficient (Wildman–Crippen LogP) is 3.77. The molecule has 0 bridgehead atoms. The Morgan fingerprint density at radius 2 is 1.92 bits per heavy atom. The molecule has 0 radical (unpaired) electrons. The Morgan fingerprint density at radius 3 is 2.50 bits per heavy atom. The fourth-order valence-electron chi connectivity index (χ4n) is 2.27. The van der Waals surface area contributed by atoms with Crippen LogP contribution in [0.4, 0.5) is 13.2 Å². The summed E-state index contributed by atoms with van der Waals surface area (Å²) in [5.41, 5.74) is -0.266. The van der Waals surface area contributed by atoms with E-state index in [1.54, 1.807) is 23.1 Å². The lowest BCUT2D eigenvalue weighted by atomic mass is 10.1. The van der Waals surface area contributed by atoms with Crippen LogP contribution in [-0.4, -0.2) is 35.0 Å². The molecule has 1 amide bonds. The van der Waals surface area contributed by atoms with Gasteiger partial charge in [-0.25, -0.2) is 4.98 Å². The molecule has 126 valence electrons. The number of amides is 1. The lowest BCUT2D eigenvalue weighted by molar-refractivity contribution is -0.137. The summed E-state index contributed by atoms with van der Waals surface area (Å²) in [6, 6.07) is 9.20. The largest absolute Gasteiger partial charge is 0.471 e. The van der Waals surface area contributed by atoms with Gasteiger partial charge in [-0.1, -0.05) is 12.1 Å². The summed E-state index contributed by atoms with van der Waals surface area (Å²) >= 11 is 3.33. The van der Waals surface area contributed by atoms with Gasteiger partial charge >= 0.3 is 6.18 Å². The van der Waals surface area contributed by atoms with Crippen LogP contribution >= 0.6 is 15.9 Å². The van der Waals surface area contributed by atoms with E-state index in [0.29, 0.717) is 23.1 Å². The highest BCUT2D eigenvalue weighted by Crippen LogP contribution is 2.29. The molecule has 4 nitrogen and oxygen atoms in total. The molecule has 1 aromatic heterocycles. The SMILES string of the molecule is O=C(c1ccccc1Br)N1CC(Oc2ccc(C(F)(F)F)cn2)C1. The van der Waals surface area contributed by atoms with Crippen LogP contribution < -0.4 is 4.74 Å². The lowest BCUT2D eigenvalue weighted by Crippen LogP contribution is -2.56. The summed E-state index contributed by atoms with van der Waals surface area (Å²) < 4.78 is 43.6. The third kappa shape index (κ3) is 3.53. The average Bonchev–Trinajstić information content (AvgIpc) is 2.50. The highest BCUT2D eigenvalue weighted by Gasteiger charge is 2.34. The second-order valence-electron chi connectivity index (χ2n) is 5.31. The number of alkyl halides is 3. The average molecular weight is 401 g/mol. The van der Waals surface area contributed by atoms with E-state index in [4.69, 9.17) is 4.74 Å². The molecule has 0 N–H and O–H groups in total. The van der Waals surface area contributed by atoms with Crippen molar-refractivity contribution in [3.05, 3.63) is 58.2 Å². The van der Waals surface area contributed by atoms with Gasteiger partial charge in [0.25, 0.3) is 5.91 Å². The molecule has 0 aliphatic carbocycles. The molecule has 0 spiro atoms. The van der Waals surface area contributed by atoms with Crippen LogP contribution in [0.5, 0.6) is 5.88 Å². The van der Waals surface area contributed by atoms with Crippen molar-refractivity contribution in [2.45, 2.75) is 12.3 Å². The van der Waals surface area contributed by atoms with Crippen molar-refractivity contribution >= 4 is 21.8 Å². The van der Waals surface area contributed by atoms with Crippen LogP contribution in [0.15, 0.2) is 47.1 Å². The Morgan fingerprint density at radius 1 is 1.21 bits per heavy atom. The van der Waals surface area contributed by atoms with Crippen LogP contribution in [-0.2, 0) is 6.18 Å². The predicted molar refractivity (Wildman–Crippen MR) is 83.7 cm³/mol. The smallest absolute Gasteiger partial charge is 0.417 e. The zero-order chi connectivity index (χ0) is 17.3. The quantitative estimate of drug-likeness (QED) is 0.787. The minimum Gasteiger partial charge on any atom is -0.471 e. The summed E-state index contributed by atoms with van der Waals surface area (Å²) in [6.07, 6.45) is -3.97. The number of ether oxygens (including phenoxy) is 1. The molecular weight excluding hydrogens is 389 g/mol. The molecule has 0 unspecified atom stereocenters. The van der Waals surface area contributed by atoms with E-state index in [0.717, 1.165) is 12.3 Å². The zero-order valence-corrected chi connectivity index (χ0v) is 13.8. The Bertz CT molecular complexity index is 744. The van der Waals surface area contributed by atoms with Gasteiger partial charge in [0.05, 0.1) is 24.2 Å². The Balaban J connectivity index is 1.56. The topological polar surface area (TPSA) is 42.4 Å². The second-order valence-corrected chi connectivity index (χ2v) is 6.17. The Kier molecular flexibility index (Phi) is 4.49. The van der Waals surface area contributed by atoms with E-state index < -0.39 is 11.7 Å². The molecule has 0 saturated carbocycles. The Hall–Kier alpha value is -2.09. The summed E-state index contributed by atoms with van der Waals surface area (Å²) in [4.78, 5) is 17.6. The van der Waals surface area contributed by atoms with Crippen molar-refractivity contribution in [3.8, 4) is 5.88 Å². The minimum atomic E-state index is -4.42. The van der Waals surface area contributed by atoms with Gasteiger partial charge in [0.15, 0.2) is 0 Å². The van der Waals surface area contributed by atoms with Gasteiger partial charge in [-0.15, -0.1) is 0 Å². The fourth-order valence-corrected chi connectivity index (χ4v) is 2.73. The van der Waals surface area contributed by atoms with Crippen molar-refractivity contribution in [3.63, 3.8) is 0 Å². The molecule has 3 rings (SSSR count). The van der Waals surface area contributed by atoms with Crippen LogP contribution in [0, 0.1) is 0 Å². The van der Waals surface area contributed by atoms with Gasteiger partial charge in [0.1, 0.15) is 6.10 Å². The summed E-state index contributed by atoms with van der Waals surface area (Å²) in [7, 11) is 0. The molecule has 1 aliphatic heterocycles. The highest BCUT2D eigenvalue weighted by molar-refractivity contribution is 9.10. The fraction of sp³-hybridized carbons (Fsp3) is 0.250. The van der Waals surface area contributed by atoms with Gasteiger partial charge in [-0.05, 0) is 34.1 Å². The minimum absolute atomic E-state index is 0.112. The van der Waals surface area contributed by atoms with Crippen molar-refractivity contribution in [1.29, 1.82) is 0 Å². The second kappa shape index (κ2) is 6.43. The van der Waals surface area contributed by atoms with Gasteiger partial charge in [0.2, 0.25) is 5.88 Å². The van der Waals surface area contributed by atoms with Crippen molar-refractivity contribution in [1.82, 2.24) is 9.88 Å².